The maximum Gasteiger partial charge on any atom is 0.191 e. The molecular formula is C12H15F2NO2. The summed E-state index contributed by atoms with van der Waals surface area (Å²) in [7, 11) is 0. The highest BCUT2D eigenvalue weighted by Gasteiger charge is 2.21. The number of nitrogens with two attached hydrogens (primary N) is 1. The van der Waals surface area contributed by atoms with Crippen molar-refractivity contribution in [1.29, 1.82) is 0 Å². The summed E-state index contributed by atoms with van der Waals surface area (Å²) in [4.78, 5) is 0. The molecule has 0 amide bonds. The Morgan fingerprint density at radius 2 is 2.06 bits per heavy atom. The number of ether oxygens (including phenoxy) is 2. The molecule has 1 atom stereocenters. The van der Waals surface area contributed by atoms with E-state index in [2.05, 4.69) is 0 Å². The van der Waals surface area contributed by atoms with Crippen molar-refractivity contribution in [3.8, 4) is 5.75 Å². The molecule has 0 radical (unpaired) electrons. The standard InChI is InChI=1S/C12H15F2NO2/c13-10-5-8(1-3-15)6-11(14)12(10)17-9-2-4-16-7-9/h5-6,9H,1-4,7,15H2. The Labute approximate surface area is 98.5 Å². The quantitative estimate of drug-likeness (QED) is 0.874. The van der Waals surface area contributed by atoms with Crippen molar-refractivity contribution < 1.29 is 18.3 Å². The molecule has 0 bridgehead atoms. The van der Waals surface area contributed by atoms with E-state index in [4.69, 9.17) is 15.2 Å². The van der Waals surface area contributed by atoms with Gasteiger partial charge in [0.05, 0.1) is 13.2 Å². The highest BCUT2D eigenvalue weighted by Crippen LogP contribution is 2.26. The van der Waals surface area contributed by atoms with Crippen LogP contribution < -0.4 is 10.5 Å². The Morgan fingerprint density at radius 1 is 1.35 bits per heavy atom. The van der Waals surface area contributed by atoms with Gasteiger partial charge in [-0.05, 0) is 30.7 Å². The molecule has 1 aliphatic rings. The Bertz CT molecular complexity index is 369. The molecule has 0 spiro atoms. The molecule has 3 nitrogen and oxygen atoms in total. The second-order valence-electron chi connectivity index (χ2n) is 4.03. The average Bonchev–Trinajstić information content (AvgIpc) is 2.76. The first-order valence-corrected chi connectivity index (χ1v) is 5.63. The molecule has 2 N–H and O–H groups in total. The van der Waals surface area contributed by atoms with E-state index in [1.807, 2.05) is 0 Å². The van der Waals surface area contributed by atoms with Gasteiger partial charge in [-0.15, -0.1) is 0 Å². The van der Waals surface area contributed by atoms with Gasteiger partial charge in [-0.25, -0.2) is 8.78 Å². The first-order valence-electron chi connectivity index (χ1n) is 5.63. The summed E-state index contributed by atoms with van der Waals surface area (Å²) >= 11 is 0. The molecule has 1 heterocycles. The highest BCUT2D eigenvalue weighted by molar-refractivity contribution is 5.31. The van der Waals surface area contributed by atoms with E-state index in [0.717, 1.165) is 0 Å². The molecule has 94 valence electrons. The van der Waals surface area contributed by atoms with Crippen LogP contribution in [0.3, 0.4) is 0 Å². The van der Waals surface area contributed by atoms with Gasteiger partial charge in [0.2, 0.25) is 0 Å². The molecule has 1 aliphatic heterocycles. The summed E-state index contributed by atoms with van der Waals surface area (Å²) in [6.45, 7) is 1.30. The minimum absolute atomic E-state index is 0.264. The lowest BCUT2D eigenvalue weighted by Gasteiger charge is -2.14. The second-order valence-corrected chi connectivity index (χ2v) is 4.03. The van der Waals surface area contributed by atoms with E-state index in [1.165, 1.54) is 12.1 Å². The van der Waals surface area contributed by atoms with E-state index < -0.39 is 11.6 Å². The maximum atomic E-state index is 13.6. The molecule has 0 aliphatic carbocycles. The average molecular weight is 243 g/mol. The molecule has 5 heteroatoms. The van der Waals surface area contributed by atoms with Crippen LogP contribution in [0.25, 0.3) is 0 Å². The molecule has 0 saturated carbocycles. The maximum absolute atomic E-state index is 13.6. The Balaban J connectivity index is 2.15. The fraction of sp³-hybridized carbons (Fsp3) is 0.500. The van der Waals surface area contributed by atoms with E-state index in [9.17, 15) is 8.78 Å². The van der Waals surface area contributed by atoms with Crippen LogP contribution in [0, 0.1) is 11.6 Å². The van der Waals surface area contributed by atoms with Gasteiger partial charge in [0.15, 0.2) is 17.4 Å². The van der Waals surface area contributed by atoms with Crippen LogP contribution in [-0.4, -0.2) is 25.9 Å². The lowest BCUT2D eigenvalue weighted by atomic mass is 10.1. The van der Waals surface area contributed by atoms with Crippen molar-refractivity contribution in [2.45, 2.75) is 18.9 Å². The molecular weight excluding hydrogens is 228 g/mol. The van der Waals surface area contributed by atoms with Crippen LogP contribution in [0.1, 0.15) is 12.0 Å². The zero-order valence-electron chi connectivity index (χ0n) is 9.42. The minimum atomic E-state index is -0.680. The van der Waals surface area contributed by atoms with Crippen LogP contribution in [0.4, 0.5) is 8.78 Å². The number of rotatable bonds is 4. The number of benzene rings is 1. The summed E-state index contributed by atoms with van der Waals surface area (Å²) in [5.41, 5.74) is 5.88. The second kappa shape index (κ2) is 5.42. The molecule has 1 aromatic carbocycles. The van der Waals surface area contributed by atoms with E-state index in [1.54, 1.807) is 0 Å². The van der Waals surface area contributed by atoms with Crippen molar-refractivity contribution in [3.63, 3.8) is 0 Å². The van der Waals surface area contributed by atoms with Crippen molar-refractivity contribution in [2.24, 2.45) is 5.73 Å². The number of hydrogen-bond donors (Lipinski definition) is 1. The molecule has 1 saturated heterocycles. The van der Waals surface area contributed by atoms with Gasteiger partial charge < -0.3 is 15.2 Å². The molecule has 17 heavy (non-hydrogen) atoms. The van der Waals surface area contributed by atoms with E-state index >= 15 is 0 Å². The normalized spacial score (nSPS) is 19.6. The van der Waals surface area contributed by atoms with E-state index in [0.29, 0.717) is 38.2 Å². The fourth-order valence-electron chi connectivity index (χ4n) is 1.81. The third-order valence-electron chi connectivity index (χ3n) is 2.66. The lowest BCUT2D eigenvalue weighted by molar-refractivity contribution is 0.134. The van der Waals surface area contributed by atoms with Crippen molar-refractivity contribution in [3.05, 3.63) is 29.3 Å². The van der Waals surface area contributed by atoms with Crippen LogP contribution >= 0.6 is 0 Å². The van der Waals surface area contributed by atoms with Crippen molar-refractivity contribution in [1.82, 2.24) is 0 Å². The van der Waals surface area contributed by atoms with Gasteiger partial charge >= 0.3 is 0 Å². The lowest BCUT2D eigenvalue weighted by Crippen LogP contribution is -2.17. The molecule has 1 aromatic rings. The smallest absolute Gasteiger partial charge is 0.191 e. The third kappa shape index (κ3) is 2.92. The first-order chi connectivity index (χ1) is 8.20. The minimum Gasteiger partial charge on any atom is -0.482 e. The largest absolute Gasteiger partial charge is 0.482 e. The van der Waals surface area contributed by atoms with Gasteiger partial charge in [0, 0.05) is 6.42 Å². The zero-order valence-corrected chi connectivity index (χ0v) is 9.42. The summed E-state index contributed by atoms with van der Waals surface area (Å²) in [5.74, 6) is -1.68. The molecule has 1 fully saturated rings. The summed E-state index contributed by atoms with van der Waals surface area (Å²) < 4.78 is 37.6. The van der Waals surface area contributed by atoms with Crippen LogP contribution in [-0.2, 0) is 11.2 Å². The van der Waals surface area contributed by atoms with Crippen LogP contribution in [0.5, 0.6) is 5.75 Å². The summed E-state index contributed by atoms with van der Waals surface area (Å²) in [6.07, 6.45) is 0.837. The summed E-state index contributed by atoms with van der Waals surface area (Å²) in [5, 5.41) is 0. The zero-order chi connectivity index (χ0) is 12.3. The molecule has 0 aromatic heterocycles. The number of hydrogen-bond acceptors (Lipinski definition) is 3. The monoisotopic (exact) mass is 243 g/mol. The predicted octanol–water partition coefficient (Wildman–Crippen LogP) is 1.63. The first kappa shape index (κ1) is 12.3. The number of halogens is 2. The van der Waals surface area contributed by atoms with Crippen molar-refractivity contribution >= 4 is 0 Å². The Hall–Kier alpha value is -1.20. The van der Waals surface area contributed by atoms with Crippen LogP contribution in [0.15, 0.2) is 12.1 Å². The van der Waals surface area contributed by atoms with Crippen molar-refractivity contribution in [2.75, 3.05) is 19.8 Å². The van der Waals surface area contributed by atoms with Gasteiger partial charge in [-0.1, -0.05) is 0 Å². The van der Waals surface area contributed by atoms with Gasteiger partial charge in [-0.2, -0.15) is 0 Å². The SMILES string of the molecule is NCCc1cc(F)c(OC2CCOC2)c(F)c1. The van der Waals surface area contributed by atoms with E-state index in [-0.39, 0.29) is 11.9 Å². The Morgan fingerprint density at radius 3 is 2.59 bits per heavy atom. The van der Waals surface area contributed by atoms with Gasteiger partial charge in [-0.3, -0.25) is 0 Å². The molecule has 1 unspecified atom stereocenters. The third-order valence-corrected chi connectivity index (χ3v) is 2.66. The fourth-order valence-corrected chi connectivity index (χ4v) is 1.81. The van der Waals surface area contributed by atoms with Gasteiger partial charge in [0.25, 0.3) is 0 Å². The Kier molecular flexibility index (Phi) is 3.91. The molecule has 2 rings (SSSR count). The predicted molar refractivity (Wildman–Crippen MR) is 59.0 cm³/mol. The highest BCUT2D eigenvalue weighted by atomic mass is 19.1. The van der Waals surface area contributed by atoms with Gasteiger partial charge in [0.1, 0.15) is 6.10 Å². The summed E-state index contributed by atoms with van der Waals surface area (Å²) in [6, 6.07) is 2.53. The van der Waals surface area contributed by atoms with Crippen LogP contribution in [0.2, 0.25) is 0 Å². The topological polar surface area (TPSA) is 44.5 Å².